The first kappa shape index (κ1) is 16.2. The molecular weight excluding hydrogens is 294 g/mol. The number of hydrogen-bond acceptors (Lipinski definition) is 4. The van der Waals surface area contributed by atoms with Crippen molar-refractivity contribution in [1.29, 1.82) is 0 Å². The summed E-state index contributed by atoms with van der Waals surface area (Å²) in [5.74, 6) is 2.32. The molecule has 1 fully saturated rings. The molecule has 0 aromatic carbocycles. The zero-order valence-corrected chi connectivity index (χ0v) is 14.2. The van der Waals surface area contributed by atoms with Gasteiger partial charge in [-0.05, 0) is 25.2 Å². The van der Waals surface area contributed by atoms with E-state index in [2.05, 4.69) is 36.2 Å². The van der Waals surface area contributed by atoms with Crippen molar-refractivity contribution in [2.24, 2.45) is 5.92 Å². The molecule has 128 valence electrons. The number of fused-ring (bicyclic) bond motifs is 1. The van der Waals surface area contributed by atoms with Crippen molar-refractivity contribution in [2.75, 3.05) is 13.2 Å². The highest BCUT2D eigenvalue weighted by atomic mass is 16.3. The molecule has 3 rings (SSSR count). The molecule has 0 spiro atoms. The molecule has 7 heteroatoms. The maximum Gasteiger partial charge on any atom is 0.318 e. The average Bonchev–Trinajstić information content (AvgIpc) is 3.11. The molecule has 3 atom stereocenters. The molecule has 1 aromatic rings. The Hall–Kier alpha value is -1.63. The largest absolute Gasteiger partial charge is 0.394 e. The Bertz CT molecular complexity index is 571. The second-order valence-corrected chi connectivity index (χ2v) is 7.06. The van der Waals surface area contributed by atoms with E-state index >= 15 is 0 Å². The van der Waals surface area contributed by atoms with Gasteiger partial charge in [-0.1, -0.05) is 20.8 Å². The molecule has 1 aromatic heterocycles. The fourth-order valence-corrected chi connectivity index (χ4v) is 3.52. The summed E-state index contributed by atoms with van der Waals surface area (Å²) in [5.41, 5.74) is 0. The summed E-state index contributed by atoms with van der Waals surface area (Å²) in [6.45, 7) is 7.82. The van der Waals surface area contributed by atoms with Gasteiger partial charge in [0.05, 0.1) is 18.7 Å². The van der Waals surface area contributed by atoms with Crippen LogP contribution in [0.2, 0.25) is 0 Å². The van der Waals surface area contributed by atoms with Crippen LogP contribution in [-0.4, -0.2) is 50.0 Å². The van der Waals surface area contributed by atoms with Gasteiger partial charge in [0, 0.05) is 19.0 Å². The summed E-state index contributed by atoms with van der Waals surface area (Å²) in [6.07, 6.45) is 2.81. The van der Waals surface area contributed by atoms with E-state index in [-0.39, 0.29) is 30.6 Å². The Labute approximate surface area is 137 Å². The Balaban J connectivity index is 1.73. The van der Waals surface area contributed by atoms with E-state index in [0.29, 0.717) is 12.5 Å². The molecule has 7 nitrogen and oxygen atoms in total. The van der Waals surface area contributed by atoms with Gasteiger partial charge >= 0.3 is 6.03 Å². The maximum absolute atomic E-state index is 12.6. The third-order valence-electron chi connectivity index (χ3n) is 5.04. The van der Waals surface area contributed by atoms with E-state index in [9.17, 15) is 9.90 Å². The Morgan fingerprint density at radius 3 is 2.87 bits per heavy atom. The number of nitrogens with zero attached hydrogens (tertiary/aromatic N) is 4. The van der Waals surface area contributed by atoms with Crippen LogP contribution in [0.25, 0.3) is 0 Å². The van der Waals surface area contributed by atoms with Crippen LogP contribution in [-0.2, 0) is 6.54 Å². The molecule has 0 bridgehead atoms. The predicted molar refractivity (Wildman–Crippen MR) is 86.0 cm³/mol. The molecule has 3 heterocycles. The zero-order chi connectivity index (χ0) is 16.6. The average molecular weight is 321 g/mol. The Kier molecular flexibility index (Phi) is 4.57. The number of carbonyl (C=O) groups is 1. The van der Waals surface area contributed by atoms with Gasteiger partial charge in [0.1, 0.15) is 5.82 Å². The van der Waals surface area contributed by atoms with Crippen LogP contribution in [0.1, 0.15) is 63.6 Å². The van der Waals surface area contributed by atoms with E-state index in [4.69, 9.17) is 0 Å². The number of carbonyl (C=O) groups excluding carboxylic acids is 1. The number of aryl methyl sites for hydroxylation is 1. The minimum absolute atomic E-state index is 0.0208. The van der Waals surface area contributed by atoms with E-state index < -0.39 is 0 Å². The molecule has 23 heavy (non-hydrogen) atoms. The first-order valence-electron chi connectivity index (χ1n) is 8.64. The standard InChI is InChI=1S/C16H27N5O2/c1-10(2)14-18-15-12(5-4-7-21(15)19-14)17-16(23)20-8-6-11(3)13(20)9-22/h10-13,22H,4-9H2,1-3H3,(H,17,23)/t11-,12-,13-/m0/s1. The molecule has 0 aliphatic carbocycles. The normalized spacial score (nSPS) is 27.3. The van der Waals surface area contributed by atoms with Crippen LogP contribution in [0.3, 0.4) is 0 Å². The first-order chi connectivity index (χ1) is 11.0. The van der Waals surface area contributed by atoms with Crippen molar-refractivity contribution in [1.82, 2.24) is 25.0 Å². The number of urea groups is 1. The molecule has 1 saturated heterocycles. The van der Waals surface area contributed by atoms with Gasteiger partial charge in [-0.25, -0.2) is 14.5 Å². The number of amides is 2. The molecular formula is C16H27N5O2. The number of likely N-dealkylation sites (tertiary alicyclic amines) is 1. The van der Waals surface area contributed by atoms with E-state index in [1.165, 1.54) is 0 Å². The molecule has 2 aliphatic heterocycles. The van der Waals surface area contributed by atoms with Gasteiger partial charge in [0.2, 0.25) is 0 Å². The maximum atomic E-state index is 12.6. The van der Waals surface area contributed by atoms with Crippen LogP contribution >= 0.6 is 0 Å². The SMILES string of the molecule is CC(C)c1nc2n(n1)CCC[C@@H]2NC(=O)N1CC[C@H](C)[C@@H]1CO. The minimum atomic E-state index is -0.0963. The monoisotopic (exact) mass is 321 g/mol. The highest BCUT2D eigenvalue weighted by molar-refractivity contribution is 5.75. The van der Waals surface area contributed by atoms with Crippen molar-refractivity contribution in [3.8, 4) is 0 Å². The van der Waals surface area contributed by atoms with Crippen molar-refractivity contribution < 1.29 is 9.90 Å². The zero-order valence-electron chi connectivity index (χ0n) is 14.2. The third kappa shape index (κ3) is 3.06. The second kappa shape index (κ2) is 6.47. The first-order valence-corrected chi connectivity index (χ1v) is 8.64. The molecule has 2 amide bonds. The Morgan fingerprint density at radius 1 is 1.39 bits per heavy atom. The predicted octanol–water partition coefficient (Wildman–Crippen LogP) is 1.65. The summed E-state index contributed by atoms with van der Waals surface area (Å²) in [7, 11) is 0. The summed E-state index contributed by atoms with van der Waals surface area (Å²) < 4.78 is 1.93. The van der Waals surface area contributed by atoms with Crippen LogP contribution in [0.15, 0.2) is 0 Å². The fraction of sp³-hybridized carbons (Fsp3) is 0.812. The topological polar surface area (TPSA) is 83.3 Å². The number of nitrogens with one attached hydrogen (secondary N) is 1. The summed E-state index contributed by atoms with van der Waals surface area (Å²) >= 11 is 0. The highest BCUT2D eigenvalue weighted by Gasteiger charge is 2.35. The van der Waals surface area contributed by atoms with Gasteiger partial charge < -0.3 is 15.3 Å². The van der Waals surface area contributed by atoms with Crippen molar-refractivity contribution >= 4 is 6.03 Å². The number of aromatic nitrogens is 3. The fourth-order valence-electron chi connectivity index (χ4n) is 3.52. The van der Waals surface area contributed by atoms with E-state index in [0.717, 1.165) is 37.5 Å². The van der Waals surface area contributed by atoms with Gasteiger partial charge in [-0.15, -0.1) is 0 Å². The molecule has 0 radical (unpaired) electrons. The number of aliphatic hydroxyl groups excluding tert-OH is 1. The molecule has 0 unspecified atom stereocenters. The summed E-state index contributed by atoms with van der Waals surface area (Å²) in [6, 6.07) is -0.268. The van der Waals surface area contributed by atoms with Gasteiger partial charge in [-0.2, -0.15) is 5.10 Å². The molecule has 2 N–H and O–H groups in total. The van der Waals surface area contributed by atoms with E-state index in [1.54, 1.807) is 4.90 Å². The lowest BCUT2D eigenvalue weighted by atomic mass is 10.0. The number of aliphatic hydroxyl groups is 1. The van der Waals surface area contributed by atoms with Crippen LogP contribution in [0, 0.1) is 5.92 Å². The van der Waals surface area contributed by atoms with Crippen molar-refractivity contribution in [2.45, 2.75) is 64.6 Å². The van der Waals surface area contributed by atoms with E-state index in [1.807, 2.05) is 4.68 Å². The van der Waals surface area contributed by atoms with Crippen molar-refractivity contribution in [3.63, 3.8) is 0 Å². The second-order valence-electron chi connectivity index (χ2n) is 7.06. The number of hydrogen-bond donors (Lipinski definition) is 2. The Morgan fingerprint density at radius 2 is 2.17 bits per heavy atom. The van der Waals surface area contributed by atoms with Crippen LogP contribution < -0.4 is 5.32 Å². The lowest BCUT2D eigenvalue weighted by Gasteiger charge is -2.29. The van der Waals surface area contributed by atoms with Gasteiger partial charge in [0.25, 0.3) is 0 Å². The minimum Gasteiger partial charge on any atom is -0.394 e. The lowest BCUT2D eigenvalue weighted by Crippen LogP contribution is -2.47. The third-order valence-corrected chi connectivity index (χ3v) is 5.04. The van der Waals surface area contributed by atoms with Gasteiger partial charge in [-0.3, -0.25) is 0 Å². The highest BCUT2D eigenvalue weighted by Crippen LogP contribution is 2.27. The summed E-state index contributed by atoms with van der Waals surface area (Å²) in [5, 5.41) is 17.2. The van der Waals surface area contributed by atoms with Crippen molar-refractivity contribution in [3.05, 3.63) is 11.6 Å². The van der Waals surface area contributed by atoms with Crippen LogP contribution in [0.5, 0.6) is 0 Å². The smallest absolute Gasteiger partial charge is 0.318 e. The molecule has 2 aliphatic rings. The lowest BCUT2D eigenvalue weighted by molar-refractivity contribution is 0.140. The summed E-state index contributed by atoms with van der Waals surface area (Å²) in [4.78, 5) is 19.0. The molecule has 0 saturated carbocycles. The quantitative estimate of drug-likeness (QED) is 0.887. The number of rotatable bonds is 3. The van der Waals surface area contributed by atoms with Crippen LogP contribution in [0.4, 0.5) is 4.79 Å². The van der Waals surface area contributed by atoms with Gasteiger partial charge in [0.15, 0.2) is 5.82 Å².